The summed E-state index contributed by atoms with van der Waals surface area (Å²) in [6.45, 7) is 14.7. The topological polar surface area (TPSA) is 64.6 Å². The minimum Gasteiger partial charge on any atom is -0.464 e. The lowest BCUT2D eigenvalue weighted by atomic mass is 9.76. The first-order chi connectivity index (χ1) is 16.0. The van der Waals surface area contributed by atoms with E-state index in [1.54, 1.807) is 11.3 Å². The average molecular weight is 484 g/mol. The molecule has 1 aliphatic rings. The van der Waals surface area contributed by atoms with E-state index in [0.29, 0.717) is 13.0 Å². The third kappa shape index (κ3) is 6.16. The largest absolute Gasteiger partial charge is 0.464 e. The Kier molecular flexibility index (Phi) is 8.04. The van der Waals surface area contributed by atoms with E-state index >= 15 is 0 Å². The summed E-state index contributed by atoms with van der Waals surface area (Å²) in [4.78, 5) is 26.2. The number of ether oxygens (including phenoxy) is 2. The van der Waals surface area contributed by atoms with E-state index in [2.05, 4.69) is 32.2 Å². The van der Waals surface area contributed by atoms with E-state index in [9.17, 15) is 9.59 Å². The lowest BCUT2D eigenvalue weighted by Gasteiger charge is -2.31. The predicted molar refractivity (Wildman–Crippen MR) is 140 cm³/mol. The standard InChI is InChI=1S/C28H37NO4S/c1-8-32-26(31)24(33-27(3,4)5)22-18(2)34-25(20-9-11-21(12-10-20)29-17-30)23(22)19-13-15-28(6,7)16-14-19/h9-13,17,24H,8,14-16H2,1-7H3,(H,29,30). The molecule has 184 valence electrons. The molecular weight excluding hydrogens is 446 g/mol. The summed E-state index contributed by atoms with van der Waals surface area (Å²) < 4.78 is 11.8. The SMILES string of the molecule is CCOC(=O)C(OC(C)(C)C)c1c(C)sc(-c2ccc(NC=O)cc2)c1C1=CCC(C)(C)CC1. The molecule has 1 heterocycles. The summed E-state index contributed by atoms with van der Waals surface area (Å²) in [6, 6.07) is 7.83. The Morgan fingerprint density at radius 1 is 1.24 bits per heavy atom. The van der Waals surface area contributed by atoms with E-state index in [0.717, 1.165) is 51.4 Å². The molecule has 6 heteroatoms. The highest BCUT2D eigenvalue weighted by atomic mass is 32.1. The van der Waals surface area contributed by atoms with Crippen molar-refractivity contribution in [2.45, 2.75) is 79.4 Å². The minimum absolute atomic E-state index is 0.263. The summed E-state index contributed by atoms with van der Waals surface area (Å²) >= 11 is 1.68. The van der Waals surface area contributed by atoms with Crippen molar-refractivity contribution in [3.63, 3.8) is 0 Å². The van der Waals surface area contributed by atoms with Gasteiger partial charge in [0.05, 0.1) is 12.2 Å². The molecule has 0 bridgehead atoms. The summed E-state index contributed by atoms with van der Waals surface area (Å²) in [6.07, 6.45) is 5.22. The van der Waals surface area contributed by atoms with Gasteiger partial charge in [0.25, 0.3) is 0 Å². The van der Waals surface area contributed by atoms with Crippen LogP contribution in [0.3, 0.4) is 0 Å². The van der Waals surface area contributed by atoms with Crippen molar-refractivity contribution in [2.75, 3.05) is 11.9 Å². The highest BCUT2D eigenvalue weighted by Gasteiger charge is 2.36. The van der Waals surface area contributed by atoms with Gasteiger partial charge in [-0.1, -0.05) is 32.1 Å². The molecule has 1 aromatic heterocycles. The molecule has 0 radical (unpaired) electrons. The number of nitrogens with one attached hydrogen (secondary N) is 1. The van der Waals surface area contributed by atoms with Crippen molar-refractivity contribution < 1.29 is 19.1 Å². The van der Waals surface area contributed by atoms with E-state index in [1.165, 1.54) is 5.57 Å². The number of amides is 1. The molecule has 3 rings (SSSR count). The molecule has 1 atom stereocenters. The van der Waals surface area contributed by atoms with Crippen LogP contribution in [-0.2, 0) is 19.1 Å². The normalized spacial score (nSPS) is 16.5. The number of allylic oxidation sites excluding steroid dienone is 2. The van der Waals surface area contributed by atoms with Crippen molar-refractivity contribution in [3.8, 4) is 10.4 Å². The van der Waals surface area contributed by atoms with Crippen LogP contribution in [0.2, 0.25) is 0 Å². The van der Waals surface area contributed by atoms with Gasteiger partial charge >= 0.3 is 5.97 Å². The second-order valence-corrected chi connectivity index (χ2v) is 11.8. The smallest absolute Gasteiger partial charge is 0.340 e. The Hall–Kier alpha value is -2.44. The maximum absolute atomic E-state index is 13.2. The molecule has 1 aromatic carbocycles. The Morgan fingerprint density at radius 3 is 2.44 bits per heavy atom. The molecule has 1 amide bonds. The van der Waals surface area contributed by atoms with Crippen LogP contribution in [0, 0.1) is 12.3 Å². The second kappa shape index (κ2) is 10.4. The lowest BCUT2D eigenvalue weighted by Crippen LogP contribution is -2.29. The average Bonchev–Trinajstić information content (AvgIpc) is 3.09. The number of aryl methyl sites for hydroxylation is 1. The number of anilines is 1. The van der Waals surface area contributed by atoms with Crippen LogP contribution in [0.4, 0.5) is 5.69 Å². The first-order valence-corrected chi connectivity index (χ1v) is 12.7. The molecule has 1 aliphatic carbocycles. The first-order valence-electron chi connectivity index (χ1n) is 11.9. The van der Waals surface area contributed by atoms with Crippen LogP contribution in [0.1, 0.15) is 82.9 Å². The second-order valence-electron chi connectivity index (χ2n) is 10.6. The first kappa shape index (κ1) is 26.2. The van der Waals surface area contributed by atoms with Crippen molar-refractivity contribution in [1.82, 2.24) is 0 Å². The summed E-state index contributed by atoms with van der Waals surface area (Å²) in [5.74, 6) is -0.353. The van der Waals surface area contributed by atoms with Crippen LogP contribution in [0.15, 0.2) is 30.3 Å². The van der Waals surface area contributed by atoms with Crippen LogP contribution in [0.25, 0.3) is 16.0 Å². The summed E-state index contributed by atoms with van der Waals surface area (Å²) in [7, 11) is 0. The van der Waals surface area contributed by atoms with E-state index < -0.39 is 11.7 Å². The third-order valence-electron chi connectivity index (χ3n) is 6.03. The van der Waals surface area contributed by atoms with Crippen molar-refractivity contribution in [3.05, 3.63) is 46.3 Å². The maximum atomic E-state index is 13.2. The number of rotatable bonds is 8. The molecular formula is C28H37NO4S. The van der Waals surface area contributed by atoms with Gasteiger partial charge in [-0.25, -0.2) is 4.79 Å². The molecule has 1 unspecified atom stereocenters. The zero-order valence-electron chi connectivity index (χ0n) is 21.4. The number of benzene rings is 1. The van der Waals surface area contributed by atoms with Gasteiger partial charge in [0, 0.05) is 26.6 Å². The fourth-order valence-corrected chi connectivity index (χ4v) is 5.50. The Morgan fingerprint density at radius 2 is 1.91 bits per heavy atom. The maximum Gasteiger partial charge on any atom is 0.340 e. The Bertz CT molecular complexity index is 1060. The van der Waals surface area contributed by atoms with Crippen molar-refractivity contribution in [1.29, 1.82) is 0 Å². The molecule has 0 spiro atoms. The number of esters is 1. The summed E-state index contributed by atoms with van der Waals surface area (Å²) in [5, 5.41) is 2.69. The number of thiophene rings is 1. The van der Waals surface area contributed by atoms with E-state index in [1.807, 2.05) is 52.0 Å². The van der Waals surface area contributed by atoms with Crippen LogP contribution in [0.5, 0.6) is 0 Å². The number of hydrogen-bond acceptors (Lipinski definition) is 5. The highest BCUT2D eigenvalue weighted by Crippen LogP contribution is 2.49. The van der Waals surface area contributed by atoms with Gasteiger partial charge < -0.3 is 14.8 Å². The zero-order chi connectivity index (χ0) is 25.1. The van der Waals surface area contributed by atoms with Crippen LogP contribution in [-0.4, -0.2) is 24.6 Å². The Balaban J connectivity index is 2.21. The molecule has 1 N–H and O–H groups in total. The van der Waals surface area contributed by atoms with Gasteiger partial charge in [0.2, 0.25) is 6.41 Å². The fraction of sp³-hybridized carbons (Fsp3) is 0.500. The zero-order valence-corrected chi connectivity index (χ0v) is 22.2. The third-order valence-corrected chi connectivity index (χ3v) is 7.20. The van der Waals surface area contributed by atoms with Gasteiger partial charge in [0.1, 0.15) is 0 Å². The van der Waals surface area contributed by atoms with Gasteiger partial charge in [-0.3, -0.25) is 4.79 Å². The van der Waals surface area contributed by atoms with Gasteiger partial charge in [-0.05, 0) is 82.6 Å². The van der Waals surface area contributed by atoms with Gasteiger partial charge in [-0.15, -0.1) is 11.3 Å². The number of carbonyl (C=O) groups excluding carboxylic acids is 2. The highest BCUT2D eigenvalue weighted by molar-refractivity contribution is 7.16. The van der Waals surface area contributed by atoms with Crippen molar-refractivity contribution in [2.24, 2.45) is 5.41 Å². The molecule has 0 aliphatic heterocycles. The predicted octanol–water partition coefficient (Wildman–Crippen LogP) is 7.30. The minimum atomic E-state index is -0.799. The Labute approximate surface area is 207 Å². The molecule has 0 fully saturated rings. The summed E-state index contributed by atoms with van der Waals surface area (Å²) in [5.41, 5.74) is 4.80. The number of carbonyl (C=O) groups is 2. The quantitative estimate of drug-likeness (QED) is 0.316. The number of hydrogen-bond donors (Lipinski definition) is 1. The van der Waals surface area contributed by atoms with Crippen LogP contribution >= 0.6 is 11.3 Å². The molecule has 2 aromatic rings. The molecule has 34 heavy (non-hydrogen) atoms. The monoisotopic (exact) mass is 483 g/mol. The van der Waals surface area contributed by atoms with Gasteiger partial charge in [0.15, 0.2) is 6.10 Å². The molecule has 0 saturated carbocycles. The fourth-order valence-electron chi connectivity index (χ4n) is 4.28. The van der Waals surface area contributed by atoms with E-state index in [4.69, 9.17) is 9.47 Å². The molecule has 5 nitrogen and oxygen atoms in total. The van der Waals surface area contributed by atoms with Crippen LogP contribution < -0.4 is 5.32 Å². The molecule has 0 saturated heterocycles. The lowest BCUT2D eigenvalue weighted by molar-refractivity contribution is -0.166. The van der Waals surface area contributed by atoms with Gasteiger partial charge in [-0.2, -0.15) is 0 Å². The van der Waals surface area contributed by atoms with E-state index in [-0.39, 0.29) is 11.4 Å². The van der Waals surface area contributed by atoms with Crippen molar-refractivity contribution >= 4 is 35.0 Å².